The van der Waals surface area contributed by atoms with Crippen molar-refractivity contribution in [3.8, 4) is 0 Å². The number of allylic oxidation sites excluding steroid dienone is 5. The van der Waals surface area contributed by atoms with Crippen LogP contribution in [0.2, 0.25) is 0 Å². The first-order valence-electron chi connectivity index (χ1n) is 10.5. The Labute approximate surface area is 166 Å². The van der Waals surface area contributed by atoms with E-state index < -0.39 is 0 Å². The summed E-state index contributed by atoms with van der Waals surface area (Å²) < 4.78 is 7.78. The van der Waals surface area contributed by atoms with Crippen LogP contribution in [0.15, 0.2) is 41.8 Å². The lowest BCUT2D eigenvalue weighted by Crippen LogP contribution is -2.05. The molecule has 0 spiro atoms. The van der Waals surface area contributed by atoms with Crippen molar-refractivity contribution in [2.75, 3.05) is 6.61 Å². The first-order valence-corrected chi connectivity index (χ1v) is 10.5. The van der Waals surface area contributed by atoms with Gasteiger partial charge in [-0.15, -0.1) is 5.10 Å². The minimum atomic E-state index is 0.307. The molecule has 4 heteroatoms. The van der Waals surface area contributed by atoms with E-state index in [1.165, 1.54) is 43.3 Å². The summed E-state index contributed by atoms with van der Waals surface area (Å²) in [5.41, 5.74) is 3.43. The molecule has 0 aliphatic carbocycles. The van der Waals surface area contributed by atoms with E-state index in [1.807, 2.05) is 13.2 Å². The van der Waals surface area contributed by atoms with E-state index in [0.29, 0.717) is 12.5 Å². The number of unbranched alkanes of at least 4 members (excludes halogenated alkanes) is 5. The Balaban J connectivity index is 2.52. The van der Waals surface area contributed by atoms with Crippen molar-refractivity contribution in [2.45, 2.75) is 79.1 Å². The molecule has 1 atom stereocenters. The molecule has 4 nitrogen and oxygen atoms in total. The molecule has 0 saturated carbocycles. The molecule has 1 aromatic heterocycles. The molecule has 0 radical (unpaired) electrons. The summed E-state index contributed by atoms with van der Waals surface area (Å²) in [6, 6.07) is 0. The van der Waals surface area contributed by atoms with Gasteiger partial charge in [-0.3, -0.25) is 4.68 Å². The summed E-state index contributed by atoms with van der Waals surface area (Å²) in [6.45, 7) is 13.4. The van der Waals surface area contributed by atoms with Gasteiger partial charge in [0, 0.05) is 19.2 Å². The number of aryl methyl sites for hydroxylation is 2. The summed E-state index contributed by atoms with van der Waals surface area (Å²) in [5.74, 6) is 1.31. The van der Waals surface area contributed by atoms with Gasteiger partial charge in [0.25, 0.3) is 0 Å². The number of nitrogens with zero attached hydrogens (tertiary/aromatic N) is 3. The van der Waals surface area contributed by atoms with Crippen LogP contribution in [0.1, 0.15) is 78.3 Å². The molecule has 1 aromatic rings. The molecule has 1 unspecified atom stereocenters. The second-order valence-corrected chi connectivity index (χ2v) is 7.52. The highest BCUT2D eigenvalue weighted by Crippen LogP contribution is 2.24. The van der Waals surface area contributed by atoms with E-state index in [1.54, 1.807) is 4.68 Å². The van der Waals surface area contributed by atoms with Gasteiger partial charge in [-0.05, 0) is 45.1 Å². The molecule has 1 heterocycles. The second-order valence-electron chi connectivity index (χ2n) is 7.52. The number of aromatic nitrogens is 3. The summed E-state index contributed by atoms with van der Waals surface area (Å²) in [7, 11) is 1.89. The molecule has 152 valence electrons. The van der Waals surface area contributed by atoms with Gasteiger partial charge in [-0.2, -0.15) is 0 Å². The highest BCUT2D eigenvalue weighted by molar-refractivity contribution is 5.29. The molecule has 0 aromatic carbocycles. The predicted molar refractivity (Wildman–Crippen MR) is 114 cm³/mol. The minimum absolute atomic E-state index is 0.307. The van der Waals surface area contributed by atoms with E-state index in [9.17, 15) is 0 Å². The van der Waals surface area contributed by atoms with Crippen molar-refractivity contribution in [1.29, 1.82) is 0 Å². The second kappa shape index (κ2) is 13.3. The Bertz CT molecular complexity index is 613. The zero-order valence-corrected chi connectivity index (χ0v) is 18.1. The maximum atomic E-state index is 6.05. The lowest BCUT2D eigenvalue weighted by molar-refractivity contribution is 0.205. The SMILES string of the molecule is C=C(C)C(C)C(/C=C\CCCCCCC)=C(/C)OCCCc1cn(C)nn1. The summed E-state index contributed by atoms with van der Waals surface area (Å²) in [5, 5.41) is 8.08. The van der Waals surface area contributed by atoms with Crippen LogP contribution in [0.3, 0.4) is 0 Å². The normalized spacial score (nSPS) is 13.7. The molecule has 0 aliphatic rings. The molecule has 0 N–H and O–H groups in total. The van der Waals surface area contributed by atoms with E-state index in [4.69, 9.17) is 4.74 Å². The molecule has 0 saturated heterocycles. The van der Waals surface area contributed by atoms with Gasteiger partial charge in [0.05, 0.1) is 18.1 Å². The maximum absolute atomic E-state index is 6.05. The highest BCUT2D eigenvalue weighted by atomic mass is 16.5. The molecule has 1 rings (SSSR count). The van der Waals surface area contributed by atoms with Crippen molar-refractivity contribution in [2.24, 2.45) is 13.0 Å². The van der Waals surface area contributed by atoms with Crippen LogP contribution in [0.4, 0.5) is 0 Å². The molecule has 0 aliphatic heterocycles. The average Bonchev–Trinajstić information content (AvgIpc) is 3.05. The molecular formula is C23H39N3O. The first kappa shape index (κ1) is 23.2. The fraction of sp³-hybridized carbons (Fsp3) is 0.652. The average molecular weight is 374 g/mol. The van der Waals surface area contributed by atoms with Crippen LogP contribution >= 0.6 is 0 Å². The van der Waals surface area contributed by atoms with Crippen LogP contribution in [0.5, 0.6) is 0 Å². The third-order valence-electron chi connectivity index (χ3n) is 4.93. The van der Waals surface area contributed by atoms with Gasteiger partial charge in [-0.1, -0.05) is 69.0 Å². The lowest BCUT2D eigenvalue weighted by Gasteiger charge is -2.17. The number of ether oxygens (including phenoxy) is 1. The van der Waals surface area contributed by atoms with Crippen LogP contribution in [-0.2, 0) is 18.2 Å². The summed E-state index contributed by atoms with van der Waals surface area (Å²) in [6.07, 6.45) is 16.1. The monoisotopic (exact) mass is 373 g/mol. The zero-order chi connectivity index (χ0) is 20.1. The molecule has 0 bridgehead atoms. The third kappa shape index (κ3) is 9.60. The summed E-state index contributed by atoms with van der Waals surface area (Å²) >= 11 is 0. The van der Waals surface area contributed by atoms with Crippen molar-refractivity contribution in [3.63, 3.8) is 0 Å². The fourth-order valence-corrected chi connectivity index (χ4v) is 2.98. The Morgan fingerprint density at radius 3 is 2.59 bits per heavy atom. The fourth-order valence-electron chi connectivity index (χ4n) is 2.98. The number of hydrogen-bond acceptors (Lipinski definition) is 3. The van der Waals surface area contributed by atoms with Crippen molar-refractivity contribution in [3.05, 3.63) is 47.5 Å². The van der Waals surface area contributed by atoms with Gasteiger partial charge in [0.1, 0.15) is 0 Å². The van der Waals surface area contributed by atoms with E-state index >= 15 is 0 Å². The maximum Gasteiger partial charge on any atom is 0.0966 e. The van der Waals surface area contributed by atoms with Gasteiger partial charge in [0.2, 0.25) is 0 Å². The van der Waals surface area contributed by atoms with Crippen molar-refractivity contribution in [1.82, 2.24) is 15.0 Å². The zero-order valence-electron chi connectivity index (χ0n) is 18.1. The first-order chi connectivity index (χ1) is 13.0. The summed E-state index contributed by atoms with van der Waals surface area (Å²) in [4.78, 5) is 0. The van der Waals surface area contributed by atoms with Crippen LogP contribution in [0.25, 0.3) is 0 Å². The molecule has 27 heavy (non-hydrogen) atoms. The standard InChI is InChI=1S/C23H39N3O/c1-7-8-9-10-11-12-13-16-23(20(4)19(2)3)21(5)27-17-14-15-22-18-26(6)25-24-22/h13,16,18,20H,2,7-12,14-15,17H2,1,3-6H3/b16-13-,23-21-. The van der Waals surface area contributed by atoms with Gasteiger partial charge < -0.3 is 4.74 Å². The predicted octanol–water partition coefficient (Wildman–Crippen LogP) is 6.17. The molecular weight excluding hydrogens is 334 g/mol. The van der Waals surface area contributed by atoms with Crippen LogP contribution in [-0.4, -0.2) is 21.6 Å². The van der Waals surface area contributed by atoms with Gasteiger partial charge in [0.15, 0.2) is 0 Å². The largest absolute Gasteiger partial charge is 0.498 e. The Morgan fingerprint density at radius 2 is 1.96 bits per heavy atom. The molecule has 0 amide bonds. The topological polar surface area (TPSA) is 39.9 Å². The highest BCUT2D eigenvalue weighted by Gasteiger charge is 2.11. The quantitative estimate of drug-likeness (QED) is 0.169. The third-order valence-corrected chi connectivity index (χ3v) is 4.93. The minimum Gasteiger partial charge on any atom is -0.498 e. The van der Waals surface area contributed by atoms with E-state index in [2.05, 4.69) is 56.7 Å². The number of hydrogen-bond donors (Lipinski definition) is 0. The van der Waals surface area contributed by atoms with Crippen molar-refractivity contribution >= 4 is 0 Å². The van der Waals surface area contributed by atoms with Gasteiger partial charge in [-0.25, -0.2) is 0 Å². The Hall–Kier alpha value is -1.84. The van der Waals surface area contributed by atoms with E-state index in [0.717, 1.165) is 30.7 Å². The van der Waals surface area contributed by atoms with Crippen LogP contribution in [0, 0.1) is 5.92 Å². The smallest absolute Gasteiger partial charge is 0.0966 e. The Kier molecular flexibility index (Phi) is 11.5. The molecule has 0 fully saturated rings. The van der Waals surface area contributed by atoms with Gasteiger partial charge >= 0.3 is 0 Å². The van der Waals surface area contributed by atoms with E-state index in [-0.39, 0.29) is 0 Å². The van der Waals surface area contributed by atoms with Crippen molar-refractivity contribution < 1.29 is 4.74 Å². The lowest BCUT2D eigenvalue weighted by atomic mass is 9.93. The Morgan fingerprint density at radius 1 is 1.22 bits per heavy atom. The number of rotatable bonds is 14. The van der Waals surface area contributed by atoms with Crippen LogP contribution < -0.4 is 0 Å².